The van der Waals surface area contributed by atoms with Gasteiger partial charge in [-0.3, -0.25) is 4.79 Å². The standard InChI is InChI=1S/C25H24N4O4/c1-31-22-12-15(10-11-21(22)32-16-6-2-3-7-16)17-13-23(30)28-24-18(17)14-26-29(24)25-27-19-8-4-5-9-20(19)33-25/h4-5,8-12,14,16-17H,2-3,6-7,13H2,1H3,(H,28,30). The van der Waals surface area contributed by atoms with E-state index in [-0.39, 0.29) is 17.9 Å². The summed E-state index contributed by atoms with van der Waals surface area (Å²) in [5.41, 5.74) is 3.28. The van der Waals surface area contributed by atoms with E-state index in [2.05, 4.69) is 15.4 Å². The molecule has 1 atom stereocenters. The highest BCUT2D eigenvalue weighted by molar-refractivity contribution is 5.94. The molecule has 1 aliphatic heterocycles. The van der Waals surface area contributed by atoms with Crippen LogP contribution in [0.1, 0.15) is 49.1 Å². The lowest BCUT2D eigenvalue weighted by Crippen LogP contribution is -2.24. The Morgan fingerprint density at radius 1 is 1.12 bits per heavy atom. The van der Waals surface area contributed by atoms with Crippen LogP contribution >= 0.6 is 0 Å². The number of carbonyl (C=O) groups is 1. The molecular weight excluding hydrogens is 420 g/mol. The maximum absolute atomic E-state index is 12.7. The fourth-order valence-electron chi connectivity index (χ4n) is 4.80. The van der Waals surface area contributed by atoms with E-state index in [1.165, 1.54) is 12.8 Å². The highest BCUT2D eigenvalue weighted by Crippen LogP contribution is 2.41. The van der Waals surface area contributed by atoms with E-state index in [9.17, 15) is 4.79 Å². The number of fused-ring (bicyclic) bond motifs is 2. The van der Waals surface area contributed by atoms with Gasteiger partial charge in [0, 0.05) is 17.9 Å². The van der Waals surface area contributed by atoms with Crippen molar-refractivity contribution in [2.24, 2.45) is 0 Å². The van der Waals surface area contributed by atoms with Gasteiger partial charge < -0.3 is 19.2 Å². The highest BCUT2D eigenvalue weighted by Gasteiger charge is 2.32. The molecule has 1 aliphatic carbocycles. The molecule has 168 valence electrons. The molecule has 1 saturated carbocycles. The van der Waals surface area contributed by atoms with Crippen molar-refractivity contribution in [1.82, 2.24) is 14.8 Å². The van der Waals surface area contributed by atoms with Gasteiger partial charge in [-0.2, -0.15) is 14.8 Å². The number of nitrogens with zero attached hydrogens (tertiary/aromatic N) is 3. The number of benzene rings is 2. The lowest BCUT2D eigenvalue weighted by Gasteiger charge is -2.24. The number of aromatic nitrogens is 3. The Hall–Kier alpha value is -3.81. The Morgan fingerprint density at radius 3 is 2.79 bits per heavy atom. The Morgan fingerprint density at radius 2 is 1.97 bits per heavy atom. The van der Waals surface area contributed by atoms with Crippen LogP contribution in [0, 0.1) is 0 Å². The second-order valence-corrected chi connectivity index (χ2v) is 8.56. The second-order valence-electron chi connectivity index (χ2n) is 8.56. The number of anilines is 1. The summed E-state index contributed by atoms with van der Waals surface area (Å²) in [5.74, 6) is 1.75. The molecule has 2 aromatic heterocycles. The van der Waals surface area contributed by atoms with Gasteiger partial charge in [0.1, 0.15) is 11.3 Å². The molecule has 0 spiro atoms. The Bertz CT molecular complexity index is 1300. The molecule has 2 aromatic carbocycles. The Kier molecular flexibility index (Phi) is 4.78. The minimum atomic E-state index is -0.165. The number of methoxy groups -OCH3 is 1. The maximum Gasteiger partial charge on any atom is 0.325 e. The van der Waals surface area contributed by atoms with Gasteiger partial charge in [0.15, 0.2) is 17.1 Å². The number of para-hydroxylation sites is 2. The van der Waals surface area contributed by atoms with E-state index >= 15 is 0 Å². The largest absolute Gasteiger partial charge is 0.493 e. The Balaban J connectivity index is 1.36. The van der Waals surface area contributed by atoms with Crippen LogP contribution in [-0.4, -0.2) is 33.9 Å². The minimum absolute atomic E-state index is 0.0874. The van der Waals surface area contributed by atoms with E-state index in [0.717, 1.165) is 35.2 Å². The summed E-state index contributed by atoms with van der Waals surface area (Å²) in [6.45, 7) is 0. The fourth-order valence-corrected chi connectivity index (χ4v) is 4.80. The van der Waals surface area contributed by atoms with Gasteiger partial charge >= 0.3 is 6.01 Å². The van der Waals surface area contributed by atoms with E-state index < -0.39 is 0 Å². The molecule has 6 rings (SSSR count). The van der Waals surface area contributed by atoms with Crippen molar-refractivity contribution in [3.63, 3.8) is 0 Å². The van der Waals surface area contributed by atoms with Gasteiger partial charge in [0.2, 0.25) is 5.91 Å². The van der Waals surface area contributed by atoms with Crippen molar-refractivity contribution >= 4 is 22.8 Å². The first-order valence-corrected chi connectivity index (χ1v) is 11.3. The first-order valence-electron chi connectivity index (χ1n) is 11.3. The number of hydrogen-bond acceptors (Lipinski definition) is 6. The van der Waals surface area contributed by atoms with Crippen LogP contribution in [0.3, 0.4) is 0 Å². The zero-order valence-electron chi connectivity index (χ0n) is 18.3. The summed E-state index contributed by atoms with van der Waals surface area (Å²) < 4.78 is 19.2. The molecule has 1 N–H and O–H groups in total. The zero-order valence-corrected chi connectivity index (χ0v) is 18.3. The summed E-state index contributed by atoms with van der Waals surface area (Å²) in [5, 5.41) is 7.44. The maximum atomic E-state index is 12.7. The van der Waals surface area contributed by atoms with Crippen molar-refractivity contribution in [1.29, 1.82) is 0 Å². The summed E-state index contributed by atoms with van der Waals surface area (Å²) in [6.07, 6.45) is 6.89. The molecule has 2 aliphatic rings. The number of rotatable bonds is 5. The average Bonchev–Trinajstić information content (AvgIpc) is 3.58. The van der Waals surface area contributed by atoms with E-state index in [1.807, 2.05) is 42.5 Å². The van der Waals surface area contributed by atoms with Gasteiger partial charge in [-0.1, -0.05) is 18.2 Å². The normalized spacial score (nSPS) is 18.3. The smallest absolute Gasteiger partial charge is 0.325 e. The van der Waals surface area contributed by atoms with Crippen molar-refractivity contribution in [3.05, 3.63) is 59.8 Å². The van der Waals surface area contributed by atoms with E-state index in [1.54, 1.807) is 18.0 Å². The van der Waals surface area contributed by atoms with Gasteiger partial charge in [-0.25, -0.2) is 0 Å². The first kappa shape index (κ1) is 19.8. The fraction of sp³-hybridized carbons (Fsp3) is 0.320. The quantitative estimate of drug-likeness (QED) is 0.475. The number of oxazole rings is 1. The predicted molar refractivity (Wildman–Crippen MR) is 122 cm³/mol. The third kappa shape index (κ3) is 3.51. The van der Waals surface area contributed by atoms with Crippen LogP contribution in [-0.2, 0) is 4.79 Å². The van der Waals surface area contributed by atoms with E-state index in [4.69, 9.17) is 13.9 Å². The monoisotopic (exact) mass is 444 g/mol. The molecule has 1 amide bonds. The van der Waals surface area contributed by atoms with Gasteiger partial charge in [-0.05, 0) is 55.5 Å². The highest BCUT2D eigenvalue weighted by atomic mass is 16.5. The van der Waals surface area contributed by atoms with Gasteiger partial charge in [0.05, 0.1) is 19.4 Å². The Labute approximate surface area is 190 Å². The number of carbonyl (C=O) groups excluding carboxylic acids is 1. The summed E-state index contributed by atoms with van der Waals surface area (Å²) >= 11 is 0. The number of amides is 1. The van der Waals surface area contributed by atoms with Gasteiger partial charge in [0.25, 0.3) is 0 Å². The molecular formula is C25H24N4O4. The molecule has 33 heavy (non-hydrogen) atoms. The number of ether oxygens (including phenoxy) is 2. The van der Waals surface area contributed by atoms with Crippen LogP contribution in [0.15, 0.2) is 53.1 Å². The number of nitrogens with one attached hydrogen (secondary N) is 1. The van der Waals surface area contributed by atoms with Gasteiger partial charge in [-0.15, -0.1) is 0 Å². The molecule has 8 nitrogen and oxygen atoms in total. The van der Waals surface area contributed by atoms with Crippen LogP contribution < -0.4 is 14.8 Å². The lowest BCUT2D eigenvalue weighted by atomic mass is 9.87. The molecule has 0 radical (unpaired) electrons. The third-order valence-electron chi connectivity index (χ3n) is 6.47. The summed E-state index contributed by atoms with van der Waals surface area (Å²) in [4.78, 5) is 17.2. The van der Waals surface area contributed by atoms with Crippen LogP contribution in [0.2, 0.25) is 0 Å². The van der Waals surface area contributed by atoms with E-state index in [0.29, 0.717) is 29.6 Å². The average molecular weight is 444 g/mol. The topological polar surface area (TPSA) is 91.4 Å². The van der Waals surface area contributed by atoms with Crippen molar-refractivity contribution in [3.8, 4) is 17.5 Å². The SMILES string of the molecule is COc1cc(C2CC(=O)Nc3c2cnn3-c2nc3ccccc3o2)ccc1OC1CCCC1. The van der Waals surface area contributed by atoms with Crippen molar-refractivity contribution in [2.45, 2.75) is 44.1 Å². The third-order valence-corrected chi connectivity index (χ3v) is 6.47. The molecule has 8 heteroatoms. The van der Waals surface area contributed by atoms with Crippen LogP contribution in [0.5, 0.6) is 11.5 Å². The molecule has 0 saturated heterocycles. The predicted octanol–water partition coefficient (Wildman–Crippen LogP) is 4.82. The summed E-state index contributed by atoms with van der Waals surface area (Å²) in [7, 11) is 1.64. The molecule has 4 aromatic rings. The van der Waals surface area contributed by atoms with Crippen LogP contribution in [0.25, 0.3) is 17.1 Å². The van der Waals surface area contributed by atoms with Crippen molar-refractivity contribution < 1.29 is 18.7 Å². The molecule has 1 unspecified atom stereocenters. The molecule has 1 fully saturated rings. The second kappa shape index (κ2) is 7.95. The minimum Gasteiger partial charge on any atom is -0.493 e. The van der Waals surface area contributed by atoms with Crippen LogP contribution in [0.4, 0.5) is 5.82 Å². The first-order chi connectivity index (χ1) is 16.2. The summed E-state index contributed by atoms with van der Waals surface area (Å²) in [6, 6.07) is 13.8. The van der Waals surface area contributed by atoms with Crippen molar-refractivity contribution in [2.75, 3.05) is 12.4 Å². The zero-order chi connectivity index (χ0) is 22.4. The lowest BCUT2D eigenvalue weighted by molar-refractivity contribution is -0.116. The molecule has 0 bridgehead atoms. The molecule has 3 heterocycles. The number of hydrogen-bond donors (Lipinski definition) is 1.